The van der Waals surface area contributed by atoms with Crippen molar-refractivity contribution in [1.29, 1.82) is 5.41 Å². The molecule has 0 aromatic heterocycles. The van der Waals surface area contributed by atoms with E-state index in [2.05, 4.69) is 15.5 Å². The monoisotopic (exact) mass is 436 g/mol. The Kier molecular flexibility index (Phi) is 5.94. The molecule has 168 valence electrons. The van der Waals surface area contributed by atoms with Crippen LogP contribution >= 0.6 is 0 Å². The van der Waals surface area contributed by atoms with Gasteiger partial charge in [-0.1, -0.05) is 18.2 Å². The summed E-state index contributed by atoms with van der Waals surface area (Å²) in [7, 11) is 0. The van der Waals surface area contributed by atoms with Crippen LogP contribution in [-0.2, 0) is 4.79 Å². The zero-order valence-electron chi connectivity index (χ0n) is 18.5. The van der Waals surface area contributed by atoms with Gasteiger partial charge in [-0.15, -0.1) is 0 Å². The van der Waals surface area contributed by atoms with Gasteiger partial charge in [-0.05, 0) is 39.0 Å². The van der Waals surface area contributed by atoms with Gasteiger partial charge in [0.15, 0.2) is 12.4 Å². The number of anilines is 2. The predicted octanol–water partition coefficient (Wildman–Crippen LogP) is 3.85. The van der Waals surface area contributed by atoms with Crippen molar-refractivity contribution in [3.05, 3.63) is 53.3 Å². The van der Waals surface area contributed by atoms with Crippen molar-refractivity contribution in [2.45, 2.75) is 26.8 Å². The predicted molar refractivity (Wildman–Crippen MR) is 125 cm³/mol. The first-order chi connectivity index (χ1) is 15.4. The Bertz CT molecular complexity index is 1090. The third-order valence-corrected chi connectivity index (χ3v) is 5.64. The Morgan fingerprint density at radius 3 is 2.81 bits per heavy atom. The Balaban J connectivity index is 1.70. The number of carbonyl (C=O) groups is 1. The Hall–Kier alpha value is -3.68. The number of rotatable bonds is 7. The molecule has 1 unspecified atom stereocenters. The highest BCUT2D eigenvalue weighted by Crippen LogP contribution is 2.51. The fourth-order valence-electron chi connectivity index (χ4n) is 4.31. The van der Waals surface area contributed by atoms with Crippen LogP contribution in [0.3, 0.4) is 0 Å². The average Bonchev–Trinajstić information content (AvgIpc) is 3.19. The van der Waals surface area contributed by atoms with Crippen molar-refractivity contribution in [1.82, 2.24) is 5.32 Å². The number of carbonyl (C=O) groups excluding carboxylic acids is 1. The van der Waals surface area contributed by atoms with Gasteiger partial charge in [-0.25, -0.2) is 0 Å². The van der Waals surface area contributed by atoms with Crippen molar-refractivity contribution < 1.29 is 19.4 Å². The summed E-state index contributed by atoms with van der Waals surface area (Å²) in [5, 5.41) is 24.5. The highest BCUT2D eigenvalue weighted by atomic mass is 16.5. The Morgan fingerprint density at radius 1 is 1.31 bits per heavy atom. The van der Waals surface area contributed by atoms with E-state index in [0.29, 0.717) is 42.5 Å². The van der Waals surface area contributed by atoms with Crippen LogP contribution in [0.5, 0.6) is 11.5 Å². The number of ether oxygens (including phenoxy) is 2. The summed E-state index contributed by atoms with van der Waals surface area (Å²) >= 11 is 0. The number of hydrogen-bond acceptors (Lipinski definition) is 7. The first kappa shape index (κ1) is 21.5. The Morgan fingerprint density at radius 2 is 2.09 bits per heavy atom. The van der Waals surface area contributed by atoms with E-state index in [4.69, 9.17) is 14.9 Å². The fourth-order valence-corrected chi connectivity index (χ4v) is 4.31. The molecule has 8 heteroatoms. The fraction of sp³-hybridized carbons (Fsp3) is 0.333. The van der Waals surface area contributed by atoms with Crippen LogP contribution < -0.4 is 25.0 Å². The van der Waals surface area contributed by atoms with E-state index in [1.54, 1.807) is 13.8 Å². The SMILES string of the molecule is CCNC(=O)COc1ccccc1C1COc2c(/C(C(C)=N)=C(\C)O)ccc3c2N1CN3. The summed E-state index contributed by atoms with van der Waals surface area (Å²) in [6.45, 7) is 6.56. The van der Waals surface area contributed by atoms with Crippen LogP contribution in [-0.4, -0.2) is 43.2 Å². The molecule has 32 heavy (non-hydrogen) atoms. The summed E-state index contributed by atoms with van der Waals surface area (Å²) in [4.78, 5) is 14.1. The van der Waals surface area contributed by atoms with Gasteiger partial charge in [-0.3, -0.25) is 4.79 Å². The lowest BCUT2D eigenvalue weighted by atomic mass is 9.96. The molecule has 2 aromatic rings. The molecule has 0 saturated carbocycles. The van der Waals surface area contributed by atoms with E-state index < -0.39 is 0 Å². The van der Waals surface area contributed by atoms with Gasteiger partial charge in [0.1, 0.15) is 18.0 Å². The molecule has 0 saturated heterocycles. The van der Waals surface area contributed by atoms with E-state index in [1.165, 1.54) is 0 Å². The highest BCUT2D eigenvalue weighted by Gasteiger charge is 2.38. The molecule has 4 rings (SSSR count). The number of aliphatic hydroxyl groups is 1. The first-order valence-corrected chi connectivity index (χ1v) is 10.7. The van der Waals surface area contributed by atoms with Gasteiger partial charge in [0.25, 0.3) is 5.91 Å². The molecule has 2 aliphatic rings. The normalized spacial score (nSPS) is 17.0. The third kappa shape index (κ3) is 3.84. The van der Waals surface area contributed by atoms with Crippen molar-refractivity contribution in [2.75, 3.05) is 36.6 Å². The second kappa shape index (κ2) is 8.82. The van der Waals surface area contributed by atoms with Crippen molar-refractivity contribution in [3.8, 4) is 11.5 Å². The van der Waals surface area contributed by atoms with E-state index in [9.17, 15) is 9.90 Å². The molecule has 0 bridgehead atoms. The quantitative estimate of drug-likeness (QED) is 0.388. The van der Waals surface area contributed by atoms with Crippen molar-refractivity contribution >= 4 is 28.6 Å². The van der Waals surface area contributed by atoms with Crippen LogP contribution in [0.15, 0.2) is 42.2 Å². The molecule has 4 N–H and O–H groups in total. The standard InChI is InChI=1S/C24H28N4O4/c1-4-26-21(30)12-31-20-8-6-5-7-16(20)19-11-32-24-17(22(14(2)25)15(3)29)9-10-18-23(24)28(19)13-27-18/h5-10,19,25,27,29H,4,11-13H2,1-3H3,(H,26,30)/b22-15+,25-14?. The molecular weight excluding hydrogens is 408 g/mol. The molecule has 0 spiro atoms. The summed E-state index contributed by atoms with van der Waals surface area (Å²) in [6.07, 6.45) is 0. The molecule has 8 nitrogen and oxygen atoms in total. The van der Waals surface area contributed by atoms with E-state index in [1.807, 2.05) is 43.3 Å². The summed E-state index contributed by atoms with van der Waals surface area (Å²) in [6, 6.07) is 11.4. The largest absolute Gasteiger partial charge is 0.512 e. The first-order valence-electron chi connectivity index (χ1n) is 10.7. The number of para-hydroxylation sites is 1. The van der Waals surface area contributed by atoms with Crippen LogP contribution in [0.4, 0.5) is 11.4 Å². The highest BCUT2D eigenvalue weighted by molar-refractivity contribution is 6.23. The van der Waals surface area contributed by atoms with E-state index in [0.717, 1.165) is 16.9 Å². The molecular formula is C24H28N4O4. The molecule has 0 aliphatic carbocycles. The second-order valence-electron chi connectivity index (χ2n) is 7.84. The third-order valence-electron chi connectivity index (χ3n) is 5.64. The minimum atomic E-state index is -0.164. The number of likely N-dealkylation sites (N-methyl/N-ethyl adjacent to an activating group) is 1. The topological polar surface area (TPSA) is 107 Å². The number of allylic oxidation sites excluding steroid dienone is 2. The van der Waals surface area contributed by atoms with Crippen molar-refractivity contribution in [2.24, 2.45) is 0 Å². The summed E-state index contributed by atoms with van der Waals surface area (Å²) in [5.41, 5.74) is 4.21. The van der Waals surface area contributed by atoms with Crippen LogP contribution in [0.1, 0.15) is 37.9 Å². The van der Waals surface area contributed by atoms with Gasteiger partial charge in [-0.2, -0.15) is 0 Å². The maximum Gasteiger partial charge on any atom is 0.257 e. The Labute approximate surface area is 187 Å². The van der Waals surface area contributed by atoms with Crippen LogP contribution in [0.2, 0.25) is 0 Å². The second-order valence-corrected chi connectivity index (χ2v) is 7.84. The van der Waals surface area contributed by atoms with Crippen molar-refractivity contribution in [3.63, 3.8) is 0 Å². The molecule has 2 aliphatic heterocycles. The van der Waals surface area contributed by atoms with E-state index in [-0.39, 0.29) is 30.0 Å². The average molecular weight is 437 g/mol. The van der Waals surface area contributed by atoms with Gasteiger partial charge in [0.05, 0.1) is 24.2 Å². The smallest absolute Gasteiger partial charge is 0.257 e. The maximum atomic E-state index is 11.9. The molecule has 1 amide bonds. The molecule has 2 aromatic carbocycles. The lowest BCUT2D eigenvalue weighted by Crippen LogP contribution is -2.36. The number of aliphatic hydroxyl groups excluding tert-OH is 1. The van der Waals surface area contributed by atoms with Gasteiger partial charge in [0, 0.05) is 29.0 Å². The minimum Gasteiger partial charge on any atom is -0.512 e. The van der Waals surface area contributed by atoms with Gasteiger partial charge >= 0.3 is 0 Å². The van der Waals surface area contributed by atoms with Gasteiger partial charge in [0.2, 0.25) is 0 Å². The number of hydrogen-bond donors (Lipinski definition) is 4. The lowest BCUT2D eigenvalue weighted by Gasteiger charge is -2.36. The summed E-state index contributed by atoms with van der Waals surface area (Å²) in [5.74, 6) is 1.21. The lowest BCUT2D eigenvalue weighted by molar-refractivity contribution is -0.123. The molecule has 2 heterocycles. The zero-order valence-corrected chi connectivity index (χ0v) is 18.5. The van der Waals surface area contributed by atoms with Gasteiger partial charge < -0.3 is 35.5 Å². The summed E-state index contributed by atoms with van der Waals surface area (Å²) < 4.78 is 12.1. The minimum absolute atomic E-state index is 0.0504. The molecule has 0 radical (unpaired) electrons. The van der Waals surface area contributed by atoms with E-state index >= 15 is 0 Å². The molecule has 1 atom stereocenters. The maximum absolute atomic E-state index is 11.9. The van der Waals surface area contributed by atoms with Crippen LogP contribution in [0.25, 0.3) is 5.57 Å². The van der Waals surface area contributed by atoms with Crippen LogP contribution in [0, 0.1) is 5.41 Å². The zero-order chi connectivity index (χ0) is 22.8. The number of amides is 1. The number of benzene rings is 2. The number of nitrogens with one attached hydrogen (secondary N) is 3. The number of nitrogens with zero attached hydrogens (tertiary/aromatic N) is 1. The molecule has 0 fully saturated rings.